The van der Waals surface area contributed by atoms with Crippen molar-refractivity contribution in [3.8, 4) is 6.07 Å². The number of nitrogens with one attached hydrogen (secondary N) is 1. The van der Waals surface area contributed by atoms with Crippen LogP contribution in [0.3, 0.4) is 0 Å². The van der Waals surface area contributed by atoms with E-state index in [0.29, 0.717) is 5.56 Å². The summed E-state index contributed by atoms with van der Waals surface area (Å²) >= 11 is 3.41. The maximum absolute atomic E-state index is 9.14. The van der Waals surface area contributed by atoms with E-state index in [1.165, 1.54) is 19.3 Å². The standard InChI is InChI=1S/C13H15BrN2/c1-2-13(7-4-8-13)16-12-6-3-5-11(14)10(12)9-15/h3,5-6,16H,2,4,7-8H2,1H3. The zero-order valence-electron chi connectivity index (χ0n) is 9.39. The van der Waals surface area contributed by atoms with Crippen LogP contribution >= 0.6 is 15.9 Å². The first-order chi connectivity index (χ1) is 7.71. The van der Waals surface area contributed by atoms with E-state index < -0.39 is 0 Å². The fourth-order valence-electron chi connectivity index (χ4n) is 2.20. The van der Waals surface area contributed by atoms with E-state index in [9.17, 15) is 0 Å². The summed E-state index contributed by atoms with van der Waals surface area (Å²) in [5.41, 5.74) is 1.90. The van der Waals surface area contributed by atoms with Gasteiger partial charge in [0.1, 0.15) is 6.07 Å². The molecule has 0 atom stereocenters. The minimum atomic E-state index is 0.229. The Morgan fingerprint density at radius 3 is 2.75 bits per heavy atom. The number of nitriles is 1. The highest BCUT2D eigenvalue weighted by atomic mass is 79.9. The van der Waals surface area contributed by atoms with Crippen LogP contribution in [0.5, 0.6) is 0 Å². The summed E-state index contributed by atoms with van der Waals surface area (Å²) in [6.07, 6.45) is 4.82. The molecule has 1 saturated carbocycles. The number of nitrogens with zero attached hydrogens (tertiary/aromatic N) is 1. The van der Waals surface area contributed by atoms with Crippen LogP contribution in [0.1, 0.15) is 38.2 Å². The molecule has 0 heterocycles. The van der Waals surface area contributed by atoms with Gasteiger partial charge in [0.2, 0.25) is 0 Å². The van der Waals surface area contributed by atoms with E-state index in [1.54, 1.807) is 0 Å². The average molecular weight is 279 g/mol. The zero-order chi connectivity index (χ0) is 11.6. The minimum absolute atomic E-state index is 0.229. The summed E-state index contributed by atoms with van der Waals surface area (Å²) in [6, 6.07) is 8.11. The van der Waals surface area contributed by atoms with Gasteiger partial charge in [0.25, 0.3) is 0 Å². The van der Waals surface area contributed by atoms with Gasteiger partial charge in [-0.05, 0) is 53.7 Å². The van der Waals surface area contributed by atoms with Crippen LogP contribution in [-0.4, -0.2) is 5.54 Å². The lowest BCUT2D eigenvalue weighted by atomic mass is 9.74. The van der Waals surface area contributed by atoms with Gasteiger partial charge >= 0.3 is 0 Å². The molecule has 1 aromatic rings. The molecule has 0 spiro atoms. The molecule has 1 aliphatic carbocycles. The zero-order valence-corrected chi connectivity index (χ0v) is 11.0. The smallest absolute Gasteiger partial charge is 0.103 e. The molecule has 0 aromatic heterocycles. The van der Waals surface area contributed by atoms with Crippen LogP contribution in [0.2, 0.25) is 0 Å². The monoisotopic (exact) mass is 278 g/mol. The fraction of sp³-hybridized carbons (Fsp3) is 0.462. The Balaban J connectivity index is 2.28. The van der Waals surface area contributed by atoms with E-state index in [-0.39, 0.29) is 5.54 Å². The summed E-state index contributed by atoms with van der Waals surface area (Å²) in [5, 5.41) is 12.7. The highest BCUT2D eigenvalue weighted by molar-refractivity contribution is 9.10. The highest BCUT2D eigenvalue weighted by Gasteiger charge is 2.35. The number of rotatable bonds is 3. The maximum Gasteiger partial charge on any atom is 0.103 e. The number of halogens is 1. The lowest BCUT2D eigenvalue weighted by Crippen LogP contribution is -2.44. The molecular formula is C13H15BrN2. The van der Waals surface area contributed by atoms with Gasteiger partial charge in [-0.15, -0.1) is 0 Å². The van der Waals surface area contributed by atoms with Crippen molar-refractivity contribution in [2.75, 3.05) is 5.32 Å². The van der Waals surface area contributed by atoms with Crippen molar-refractivity contribution in [3.63, 3.8) is 0 Å². The third-order valence-corrected chi connectivity index (χ3v) is 4.17. The van der Waals surface area contributed by atoms with Gasteiger partial charge in [-0.1, -0.05) is 13.0 Å². The third kappa shape index (κ3) is 1.94. The van der Waals surface area contributed by atoms with Gasteiger partial charge < -0.3 is 5.32 Å². The Morgan fingerprint density at radius 1 is 1.50 bits per heavy atom. The molecule has 0 bridgehead atoms. The molecule has 0 radical (unpaired) electrons. The van der Waals surface area contributed by atoms with Gasteiger partial charge in [-0.25, -0.2) is 0 Å². The van der Waals surface area contributed by atoms with Gasteiger partial charge in [-0.3, -0.25) is 0 Å². The van der Waals surface area contributed by atoms with Crippen LogP contribution in [0, 0.1) is 11.3 Å². The average Bonchev–Trinajstić information content (AvgIpc) is 2.23. The van der Waals surface area contributed by atoms with Crippen molar-refractivity contribution in [2.24, 2.45) is 0 Å². The Hall–Kier alpha value is -1.01. The van der Waals surface area contributed by atoms with Gasteiger partial charge in [0.05, 0.1) is 11.3 Å². The van der Waals surface area contributed by atoms with Crippen molar-refractivity contribution >= 4 is 21.6 Å². The molecule has 84 valence electrons. The van der Waals surface area contributed by atoms with Crippen molar-refractivity contribution < 1.29 is 0 Å². The Kier molecular flexibility index (Phi) is 3.20. The van der Waals surface area contributed by atoms with Gasteiger partial charge in [-0.2, -0.15) is 5.26 Å². The highest BCUT2D eigenvalue weighted by Crippen LogP contribution is 2.39. The first-order valence-electron chi connectivity index (χ1n) is 5.67. The Bertz CT molecular complexity index is 425. The maximum atomic E-state index is 9.14. The summed E-state index contributed by atoms with van der Waals surface area (Å²) in [6.45, 7) is 2.20. The molecule has 16 heavy (non-hydrogen) atoms. The Morgan fingerprint density at radius 2 is 2.25 bits per heavy atom. The largest absolute Gasteiger partial charge is 0.379 e. The van der Waals surface area contributed by atoms with Crippen LogP contribution < -0.4 is 5.32 Å². The SMILES string of the molecule is CCC1(Nc2cccc(Br)c2C#N)CCC1. The van der Waals surface area contributed by atoms with Crippen molar-refractivity contribution in [1.82, 2.24) is 0 Å². The van der Waals surface area contributed by atoms with Crippen LogP contribution in [0.4, 0.5) is 5.69 Å². The molecule has 0 saturated heterocycles. The van der Waals surface area contributed by atoms with Crippen LogP contribution in [0.15, 0.2) is 22.7 Å². The van der Waals surface area contributed by atoms with Crippen LogP contribution in [0.25, 0.3) is 0 Å². The minimum Gasteiger partial charge on any atom is -0.379 e. The molecule has 0 unspecified atom stereocenters. The number of hydrogen-bond donors (Lipinski definition) is 1. The summed E-state index contributed by atoms with van der Waals surface area (Å²) in [4.78, 5) is 0. The number of benzene rings is 1. The van der Waals surface area contributed by atoms with E-state index in [1.807, 2.05) is 18.2 Å². The molecular weight excluding hydrogens is 264 g/mol. The molecule has 1 aromatic carbocycles. The van der Waals surface area contributed by atoms with E-state index in [0.717, 1.165) is 16.6 Å². The summed E-state index contributed by atoms with van der Waals surface area (Å²) in [7, 11) is 0. The molecule has 0 aliphatic heterocycles. The Labute approximate surface area is 105 Å². The molecule has 0 amide bonds. The third-order valence-electron chi connectivity index (χ3n) is 3.51. The molecule has 2 nitrogen and oxygen atoms in total. The first-order valence-corrected chi connectivity index (χ1v) is 6.47. The molecule has 3 heteroatoms. The van der Waals surface area contributed by atoms with Gasteiger partial charge in [0.15, 0.2) is 0 Å². The summed E-state index contributed by atoms with van der Waals surface area (Å²) in [5.74, 6) is 0. The predicted molar refractivity (Wildman–Crippen MR) is 69.4 cm³/mol. The second kappa shape index (κ2) is 4.47. The quantitative estimate of drug-likeness (QED) is 0.905. The summed E-state index contributed by atoms with van der Waals surface area (Å²) < 4.78 is 0.866. The van der Waals surface area contributed by atoms with Crippen molar-refractivity contribution in [2.45, 2.75) is 38.1 Å². The van der Waals surface area contributed by atoms with Crippen molar-refractivity contribution in [1.29, 1.82) is 5.26 Å². The second-order valence-electron chi connectivity index (χ2n) is 4.39. The second-order valence-corrected chi connectivity index (χ2v) is 5.24. The van der Waals surface area contributed by atoms with Gasteiger partial charge in [0, 0.05) is 10.0 Å². The molecule has 1 N–H and O–H groups in total. The fourth-order valence-corrected chi connectivity index (χ4v) is 2.65. The van der Waals surface area contributed by atoms with E-state index in [2.05, 4.69) is 34.2 Å². The molecule has 1 fully saturated rings. The number of hydrogen-bond acceptors (Lipinski definition) is 2. The predicted octanol–water partition coefficient (Wildman–Crippen LogP) is 4.07. The lowest BCUT2D eigenvalue weighted by Gasteiger charge is -2.43. The molecule has 1 aliphatic rings. The van der Waals surface area contributed by atoms with Crippen LogP contribution in [-0.2, 0) is 0 Å². The van der Waals surface area contributed by atoms with E-state index >= 15 is 0 Å². The normalized spacial score (nSPS) is 17.3. The number of anilines is 1. The first kappa shape index (κ1) is 11.5. The van der Waals surface area contributed by atoms with E-state index in [4.69, 9.17) is 5.26 Å². The van der Waals surface area contributed by atoms with Crippen molar-refractivity contribution in [3.05, 3.63) is 28.2 Å². The molecule has 2 rings (SSSR count). The lowest BCUT2D eigenvalue weighted by molar-refractivity contribution is 0.269. The topological polar surface area (TPSA) is 35.8 Å².